The van der Waals surface area contributed by atoms with Crippen LogP contribution in [0.2, 0.25) is 10.0 Å². The van der Waals surface area contributed by atoms with Crippen LogP contribution in [0.25, 0.3) is 0 Å². The fourth-order valence-corrected chi connectivity index (χ4v) is 9.65. The highest BCUT2D eigenvalue weighted by atomic mass is 35.5. The number of hydrogen-bond donors (Lipinski definition) is 3. The molecule has 4 atom stereocenters. The Bertz CT molecular complexity index is 2540. The zero-order chi connectivity index (χ0) is 45.3. The lowest BCUT2D eigenvalue weighted by Crippen LogP contribution is -2.59. The Labute approximate surface area is 375 Å². The van der Waals surface area contributed by atoms with Crippen molar-refractivity contribution in [2.75, 3.05) is 29.9 Å². The molecule has 1 aromatic heterocycles. The number of amides is 7. The summed E-state index contributed by atoms with van der Waals surface area (Å²) in [6.45, 7) is 5.95. The number of carbonyl (C=O) groups excluding carboxylic acids is 7. The van der Waals surface area contributed by atoms with Crippen LogP contribution in [-0.4, -0.2) is 103 Å². The molecule has 2 fully saturated rings. The second-order valence-corrected chi connectivity index (χ2v) is 17.2. The van der Waals surface area contributed by atoms with Crippen molar-refractivity contribution in [2.45, 2.75) is 75.6 Å². The van der Waals surface area contributed by atoms with Crippen molar-refractivity contribution in [1.82, 2.24) is 30.2 Å². The van der Waals surface area contributed by atoms with E-state index in [9.17, 15) is 38.0 Å². The molecule has 0 saturated carbocycles. The number of carbonyl (C=O) groups is 7. The third-order valence-electron chi connectivity index (χ3n) is 10.9. The van der Waals surface area contributed by atoms with Crippen LogP contribution in [0.15, 0.2) is 65.6 Å². The van der Waals surface area contributed by atoms with E-state index in [1.807, 2.05) is 13.8 Å². The van der Waals surface area contributed by atoms with Gasteiger partial charge in [-0.15, -0.1) is 22.0 Å². The number of rotatable bonds is 12. The van der Waals surface area contributed by atoms with E-state index in [0.717, 1.165) is 11.0 Å². The number of hydrogen-bond acceptors (Lipinski definition) is 12. The van der Waals surface area contributed by atoms with Crippen LogP contribution in [0.5, 0.6) is 5.75 Å². The van der Waals surface area contributed by atoms with Crippen molar-refractivity contribution in [1.29, 1.82) is 0 Å². The van der Waals surface area contributed by atoms with E-state index in [0.29, 0.717) is 41.4 Å². The van der Waals surface area contributed by atoms with Crippen LogP contribution in [0.3, 0.4) is 0 Å². The molecule has 7 amide bonds. The number of piperazine rings is 1. The number of benzene rings is 3. The number of halogens is 3. The number of ether oxygens (including phenoxy) is 1. The number of nitrogens with zero attached hydrogens (tertiary/aromatic N) is 5. The molecular weight excluding hydrogens is 878 g/mol. The van der Waals surface area contributed by atoms with Crippen LogP contribution >= 0.6 is 35.0 Å². The van der Waals surface area contributed by atoms with Gasteiger partial charge in [-0.25, -0.2) is 4.39 Å². The van der Waals surface area contributed by atoms with Gasteiger partial charge in [0.2, 0.25) is 17.7 Å². The number of aromatic nitrogens is 2. The third-order valence-corrected chi connectivity index (χ3v) is 12.8. The molecule has 3 aliphatic heterocycles. The lowest BCUT2D eigenvalue weighted by atomic mass is 10.0. The van der Waals surface area contributed by atoms with Crippen molar-refractivity contribution in [3.63, 3.8) is 0 Å². The molecular formula is C43H41Cl2FN8O8S. The van der Waals surface area contributed by atoms with Gasteiger partial charge in [0, 0.05) is 70.8 Å². The number of fused-ring (bicyclic) bond motifs is 1. The molecule has 4 N–H and O–H groups in total. The predicted molar refractivity (Wildman–Crippen MR) is 231 cm³/mol. The van der Waals surface area contributed by atoms with Gasteiger partial charge in [-0.05, 0) is 87.9 Å². The highest BCUT2D eigenvalue weighted by Gasteiger charge is 2.45. The molecule has 20 heteroatoms. The number of piperidine rings is 1. The van der Waals surface area contributed by atoms with Crippen LogP contribution in [0, 0.1) is 5.82 Å². The molecule has 4 heterocycles. The van der Waals surface area contributed by atoms with Gasteiger partial charge in [-0.1, -0.05) is 29.3 Å². The van der Waals surface area contributed by atoms with E-state index in [1.54, 1.807) is 59.2 Å². The summed E-state index contributed by atoms with van der Waals surface area (Å²) in [7, 11) is 0. The molecule has 0 aliphatic carbocycles. The van der Waals surface area contributed by atoms with Crippen LogP contribution in [0.4, 0.5) is 15.9 Å². The van der Waals surface area contributed by atoms with Crippen LogP contribution in [0.1, 0.15) is 99.7 Å². The molecule has 3 aromatic carbocycles. The summed E-state index contributed by atoms with van der Waals surface area (Å²) in [6, 6.07) is 13.4. The van der Waals surface area contributed by atoms with Gasteiger partial charge in [0.15, 0.2) is 17.3 Å². The molecule has 0 spiro atoms. The molecule has 0 bridgehead atoms. The Hall–Kier alpha value is -6.11. The van der Waals surface area contributed by atoms with Crippen LogP contribution in [-0.2, 0) is 14.4 Å². The van der Waals surface area contributed by atoms with E-state index in [1.165, 1.54) is 23.9 Å². The Morgan fingerprint density at radius 3 is 2.41 bits per heavy atom. The maximum Gasteiger partial charge on any atom is 0.276 e. The monoisotopic (exact) mass is 918 g/mol. The highest BCUT2D eigenvalue weighted by Crippen LogP contribution is 2.37. The normalized spacial score (nSPS) is 19.1. The van der Waals surface area contributed by atoms with E-state index < -0.39 is 47.5 Å². The van der Waals surface area contributed by atoms with Gasteiger partial charge < -0.3 is 25.6 Å². The molecule has 4 aromatic rings. The van der Waals surface area contributed by atoms with Gasteiger partial charge in [-0.3, -0.25) is 43.8 Å². The number of nitrogens with one attached hydrogen (secondary N) is 2. The van der Waals surface area contributed by atoms with Crippen LogP contribution < -0.4 is 21.1 Å². The number of nitrogens with two attached hydrogens (primary N) is 1. The number of nitrogen functional groups attached to an aromatic ring is 1. The summed E-state index contributed by atoms with van der Waals surface area (Å²) < 4.78 is 20.0. The summed E-state index contributed by atoms with van der Waals surface area (Å²) in [5.74, 6) is -3.57. The first-order chi connectivity index (χ1) is 30.0. The Morgan fingerprint density at radius 2 is 1.71 bits per heavy atom. The Kier molecular flexibility index (Phi) is 13.3. The molecule has 63 heavy (non-hydrogen) atoms. The van der Waals surface area contributed by atoms with Crippen molar-refractivity contribution in [3.05, 3.63) is 104 Å². The lowest BCUT2D eigenvalue weighted by Gasteiger charge is -2.44. The standard InChI is InChI=1S/C43H41Cl2FN8O8S/c1-21-19-52(20-22(2)53(21)34(56)8-5-17-63-32-7-4-6-26-36(32)43(61)54(42(26)60)30-15-16-33(55)49-40(30)58)41(59)24-9-11-25(12-10-24)48-39(57)29-18-31(38(47)51-50-29)62-23(3)35-27(44)13-14-28(46)37(35)45/h4,6-7,9-14,18,21-23,30H,5,8,15-17,19-20H2,1-3H3,(H2,47,51)(H,48,57)(H,49,55,58)/t21-,22+,23-,30?/m1/s1. The van der Waals surface area contributed by atoms with Gasteiger partial charge in [-0.2, -0.15) is 0 Å². The topological polar surface area (TPSA) is 214 Å². The number of imide groups is 2. The minimum absolute atomic E-state index is 0.00345. The van der Waals surface area contributed by atoms with E-state index in [-0.39, 0.29) is 87.2 Å². The molecule has 0 radical (unpaired) electrons. The smallest absolute Gasteiger partial charge is 0.276 e. The SMILES string of the molecule is C[C@@H]1CN(C(=O)c2ccc(NC(=O)c3cc(O[C@H](C)c4c(Cl)ccc(F)c4Cl)c(N)nn3)cc2)C[C@H](C)N1C(=O)CCCSc1cccc2c1C(=O)N(C1CCC(=O)NC1=O)C2=O. The van der Waals surface area contributed by atoms with Gasteiger partial charge in [0.1, 0.15) is 18.0 Å². The van der Waals surface area contributed by atoms with Crippen molar-refractivity contribution in [2.24, 2.45) is 0 Å². The fraction of sp³-hybridized carbons (Fsp3) is 0.326. The van der Waals surface area contributed by atoms with Crippen molar-refractivity contribution < 1.29 is 42.7 Å². The first-order valence-corrected chi connectivity index (χ1v) is 21.7. The average molecular weight is 920 g/mol. The predicted octanol–water partition coefficient (Wildman–Crippen LogP) is 5.93. The largest absolute Gasteiger partial charge is 0.482 e. The maximum absolute atomic E-state index is 14.1. The van der Waals surface area contributed by atoms with E-state index in [2.05, 4.69) is 20.8 Å². The Morgan fingerprint density at radius 1 is 1.00 bits per heavy atom. The third kappa shape index (κ3) is 9.33. The maximum atomic E-state index is 14.1. The van der Waals surface area contributed by atoms with Gasteiger partial charge in [0.25, 0.3) is 23.6 Å². The summed E-state index contributed by atoms with van der Waals surface area (Å²) in [5.41, 5.74) is 7.17. The summed E-state index contributed by atoms with van der Waals surface area (Å²) >= 11 is 13.7. The molecule has 16 nitrogen and oxygen atoms in total. The van der Waals surface area contributed by atoms with E-state index >= 15 is 0 Å². The summed E-state index contributed by atoms with van der Waals surface area (Å²) in [4.78, 5) is 96.0. The van der Waals surface area contributed by atoms with E-state index in [4.69, 9.17) is 33.7 Å². The minimum atomic E-state index is -1.06. The summed E-state index contributed by atoms with van der Waals surface area (Å²) in [6.07, 6.45) is -0.0721. The van der Waals surface area contributed by atoms with Crippen molar-refractivity contribution >= 4 is 87.8 Å². The first kappa shape index (κ1) is 44.9. The van der Waals surface area contributed by atoms with Crippen molar-refractivity contribution in [3.8, 4) is 5.75 Å². The van der Waals surface area contributed by atoms with Gasteiger partial charge >= 0.3 is 0 Å². The average Bonchev–Trinajstić information content (AvgIpc) is 3.50. The second-order valence-electron chi connectivity index (χ2n) is 15.3. The number of anilines is 2. The quantitative estimate of drug-likeness (QED) is 0.0653. The molecule has 7 rings (SSSR count). The number of thioether (sulfide) groups is 1. The molecule has 1 unspecified atom stereocenters. The first-order valence-electron chi connectivity index (χ1n) is 20.0. The fourth-order valence-electron chi connectivity index (χ4n) is 7.95. The second kappa shape index (κ2) is 18.7. The zero-order valence-electron chi connectivity index (χ0n) is 34.2. The highest BCUT2D eigenvalue weighted by molar-refractivity contribution is 7.99. The molecule has 328 valence electrons. The molecule has 3 aliphatic rings. The minimum Gasteiger partial charge on any atom is -0.482 e. The van der Waals surface area contributed by atoms with Gasteiger partial charge in [0.05, 0.1) is 16.1 Å². The Balaban J connectivity index is 0.896. The zero-order valence-corrected chi connectivity index (χ0v) is 36.5. The lowest BCUT2D eigenvalue weighted by molar-refractivity contribution is -0.138. The summed E-state index contributed by atoms with van der Waals surface area (Å²) in [5, 5.41) is 12.5. The molecule has 2 saturated heterocycles.